The number of esters is 1. The summed E-state index contributed by atoms with van der Waals surface area (Å²) in [5.41, 5.74) is 0. The SMILES string of the molecule is CCC(CC)CN1C[C@@H](O)C[C@H]1C(=O)OC. The van der Waals surface area contributed by atoms with Gasteiger partial charge in [-0.2, -0.15) is 0 Å². The minimum Gasteiger partial charge on any atom is -0.468 e. The molecule has 0 amide bonds. The summed E-state index contributed by atoms with van der Waals surface area (Å²) in [4.78, 5) is 13.6. The largest absolute Gasteiger partial charge is 0.468 e. The van der Waals surface area contributed by atoms with Crippen molar-refractivity contribution in [3.05, 3.63) is 0 Å². The lowest BCUT2D eigenvalue weighted by Crippen LogP contribution is -2.39. The molecule has 0 radical (unpaired) electrons. The van der Waals surface area contributed by atoms with Gasteiger partial charge in [0, 0.05) is 19.5 Å². The molecule has 0 spiro atoms. The van der Waals surface area contributed by atoms with Crippen LogP contribution in [0.5, 0.6) is 0 Å². The van der Waals surface area contributed by atoms with Gasteiger partial charge in [-0.25, -0.2) is 0 Å². The molecule has 4 nitrogen and oxygen atoms in total. The van der Waals surface area contributed by atoms with Gasteiger partial charge in [-0.3, -0.25) is 9.69 Å². The number of ether oxygens (including phenoxy) is 1. The zero-order valence-electron chi connectivity index (χ0n) is 10.5. The van der Waals surface area contributed by atoms with Crippen molar-refractivity contribution in [1.82, 2.24) is 4.90 Å². The fourth-order valence-electron chi connectivity index (χ4n) is 2.34. The minimum absolute atomic E-state index is 0.220. The summed E-state index contributed by atoms with van der Waals surface area (Å²) in [6.07, 6.45) is 2.33. The Morgan fingerprint density at radius 1 is 1.50 bits per heavy atom. The van der Waals surface area contributed by atoms with Crippen molar-refractivity contribution in [2.45, 2.75) is 45.3 Å². The van der Waals surface area contributed by atoms with Crippen molar-refractivity contribution in [1.29, 1.82) is 0 Å². The second-order valence-electron chi connectivity index (χ2n) is 4.56. The molecule has 1 aliphatic rings. The van der Waals surface area contributed by atoms with Crippen molar-refractivity contribution in [3.63, 3.8) is 0 Å². The number of rotatable bonds is 5. The fraction of sp³-hybridized carbons (Fsp3) is 0.917. The third-order valence-corrected chi connectivity index (χ3v) is 3.50. The van der Waals surface area contributed by atoms with E-state index in [9.17, 15) is 9.90 Å². The van der Waals surface area contributed by atoms with Gasteiger partial charge in [-0.1, -0.05) is 26.7 Å². The van der Waals surface area contributed by atoms with E-state index in [1.807, 2.05) is 0 Å². The number of β-amino-alcohol motifs (C(OH)–C–C–N with tert-alkyl or cyclic N) is 1. The van der Waals surface area contributed by atoms with Crippen LogP contribution in [-0.2, 0) is 9.53 Å². The molecule has 1 saturated heterocycles. The highest BCUT2D eigenvalue weighted by Gasteiger charge is 2.37. The molecule has 1 aliphatic heterocycles. The molecule has 0 aromatic carbocycles. The van der Waals surface area contributed by atoms with Crippen molar-refractivity contribution >= 4 is 5.97 Å². The molecule has 94 valence electrons. The standard InChI is InChI=1S/C12H23NO3/c1-4-9(5-2)7-13-8-10(14)6-11(13)12(15)16-3/h9-11,14H,4-8H2,1-3H3/t10-,11-/m0/s1. The number of aliphatic hydroxyl groups excluding tert-OH is 1. The van der Waals surface area contributed by atoms with E-state index in [1.165, 1.54) is 7.11 Å². The van der Waals surface area contributed by atoms with Crippen LogP contribution in [0.1, 0.15) is 33.1 Å². The Kier molecular flexibility index (Phi) is 5.22. The molecule has 16 heavy (non-hydrogen) atoms. The van der Waals surface area contributed by atoms with Crippen LogP contribution < -0.4 is 0 Å². The van der Waals surface area contributed by atoms with Gasteiger partial charge < -0.3 is 9.84 Å². The highest BCUT2D eigenvalue weighted by atomic mass is 16.5. The highest BCUT2D eigenvalue weighted by molar-refractivity contribution is 5.76. The highest BCUT2D eigenvalue weighted by Crippen LogP contribution is 2.22. The van der Waals surface area contributed by atoms with Crippen molar-refractivity contribution < 1.29 is 14.6 Å². The van der Waals surface area contributed by atoms with E-state index in [0.717, 1.165) is 19.4 Å². The Bertz CT molecular complexity index is 228. The molecular formula is C12H23NO3. The molecule has 0 bridgehead atoms. The fourth-order valence-corrected chi connectivity index (χ4v) is 2.34. The minimum atomic E-state index is -0.390. The van der Waals surface area contributed by atoms with Crippen LogP contribution in [0.3, 0.4) is 0 Å². The van der Waals surface area contributed by atoms with Crippen LogP contribution in [0.25, 0.3) is 0 Å². The van der Waals surface area contributed by atoms with Gasteiger partial charge in [0.1, 0.15) is 6.04 Å². The Hall–Kier alpha value is -0.610. The van der Waals surface area contributed by atoms with Crippen LogP contribution in [0.2, 0.25) is 0 Å². The smallest absolute Gasteiger partial charge is 0.323 e. The number of carbonyl (C=O) groups is 1. The molecule has 4 heteroatoms. The molecule has 1 fully saturated rings. The Morgan fingerprint density at radius 2 is 2.12 bits per heavy atom. The van der Waals surface area contributed by atoms with Gasteiger partial charge >= 0.3 is 5.97 Å². The number of aliphatic hydroxyl groups is 1. The molecule has 1 heterocycles. The number of hydrogen-bond acceptors (Lipinski definition) is 4. The second kappa shape index (κ2) is 6.21. The van der Waals surface area contributed by atoms with Crippen LogP contribution >= 0.6 is 0 Å². The summed E-state index contributed by atoms with van der Waals surface area (Å²) in [5.74, 6) is 0.375. The quantitative estimate of drug-likeness (QED) is 0.715. The molecule has 0 aliphatic carbocycles. The number of methoxy groups -OCH3 is 1. The maximum absolute atomic E-state index is 11.6. The summed E-state index contributed by atoms with van der Waals surface area (Å²) in [7, 11) is 1.41. The maximum atomic E-state index is 11.6. The predicted octanol–water partition coefficient (Wildman–Crippen LogP) is 1.03. The molecule has 0 unspecified atom stereocenters. The van der Waals surface area contributed by atoms with Crippen molar-refractivity contribution in [2.75, 3.05) is 20.2 Å². The Morgan fingerprint density at radius 3 is 2.62 bits per heavy atom. The summed E-state index contributed by atoms with van der Waals surface area (Å²) < 4.78 is 4.77. The lowest BCUT2D eigenvalue weighted by molar-refractivity contribution is -0.146. The van der Waals surface area contributed by atoms with Crippen molar-refractivity contribution in [3.8, 4) is 0 Å². The molecule has 1 N–H and O–H groups in total. The Balaban J connectivity index is 2.58. The van der Waals surface area contributed by atoms with E-state index < -0.39 is 6.10 Å². The summed E-state index contributed by atoms with van der Waals surface area (Å²) in [6, 6.07) is -0.249. The van der Waals surface area contributed by atoms with Gasteiger partial charge in [0.15, 0.2) is 0 Å². The predicted molar refractivity (Wildman–Crippen MR) is 62.1 cm³/mol. The number of likely N-dealkylation sites (tertiary alicyclic amines) is 1. The van der Waals surface area contributed by atoms with Crippen LogP contribution in [0.4, 0.5) is 0 Å². The van der Waals surface area contributed by atoms with E-state index >= 15 is 0 Å². The van der Waals surface area contributed by atoms with Gasteiger partial charge in [-0.05, 0) is 5.92 Å². The first-order valence-electron chi connectivity index (χ1n) is 6.12. The average Bonchev–Trinajstić information content (AvgIpc) is 2.66. The van der Waals surface area contributed by atoms with Crippen molar-refractivity contribution in [2.24, 2.45) is 5.92 Å². The summed E-state index contributed by atoms with van der Waals surface area (Å²) in [6.45, 7) is 5.79. The number of carbonyl (C=O) groups excluding carboxylic acids is 1. The van der Waals surface area contributed by atoms with E-state index in [1.54, 1.807) is 0 Å². The molecule has 1 rings (SSSR count). The molecular weight excluding hydrogens is 206 g/mol. The normalized spacial score (nSPS) is 26.3. The maximum Gasteiger partial charge on any atom is 0.323 e. The van der Waals surface area contributed by atoms with Crippen LogP contribution in [-0.4, -0.2) is 48.3 Å². The molecule has 0 aromatic rings. The lowest BCUT2D eigenvalue weighted by atomic mass is 10.0. The first kappa shape index (κ1) is 13.5. The molecule has 0 saturated carbocycles. The first-order chi connectivity index (χ1) is 7.62. The van der Waals surface area contributed by atoms with E-state index in [4.69, 9.17) is 4.74 Å². The van der Waals surface area contributed by atoms with E-state index in [-0.39, 0.29) is 12.0 Å². The van der Waals surface area contributed by atoms with Gasteiger partial charge in [-0.15, -0.1) is 0 Å². The van der Waals surface area contributed by atoms with Crippen LogP contribution in [0.15, 0.2) is 0 Å². The zero-order chi connectivity index (χ0) is 12.1. The lowest BCUT2D eigenvalue weighted by Gasteiger charge is -2.26. The summed E-state index contributed by atoms with van der Waals surface area (Å²) >= 11 is 0. The number of nitrogens with zero attached hydrogens (tertiary/aromatic N) is 1. The number of hydrogen-bond donors (Lipinski definition) is 1. The summed E-state index contributed by atoms with van der Waals surface area (Å²) in [5, 5.41) is 9.62. The molecule has 2 atom stereocenters. The van der Waals surface area contributed by atoms with E-state index in [2.05, 4.69) is 18.7 Å². The second-order valence-corrected chi connectivity index (χ2v) is 4.56. The average molecular weight is 229 g/mol. The topological polar surface area (TPSA) is 49.8 Å². The molecule has 0 aromatic heterocycles. The first-order valence-corrected chi connectivity index (χ1v) is 6.12. The van der Waals surface area contributed by atoms with Crippen LogP contribution in [0, 0.1) is 5.92 Å². The zero-order valence-corrected chi connectivity index (χ0v) is 10.5. The van der Waals surface area contributed by atoms with Gasteiger partial charge in [0.2, 0.25) is 0 Å². The van der Waals surface area contributed by atoms with Gasteiger partial charge in [0.05, 0.1) is 13.2 Å². The third kappa shape index (κ3) is 3.19. The third-order valence-electron chi connectivity index (χ3n) is 3.50. The van der Waals surface area contributed by atoms with E-state index in [0.29, 0.717) is 18.9 Å². The Labute approximate surface area is 97.6 Å². The van der Waals surface area contributed by atoms with Gasteiger partial charge in [0.25, 0.3) is 0 Å². The monoisotopic (exact) mass is 229 g/mol.